The number of nitrogens with zero attached hydrogens (tertiary/aromatic N) is 2. The summed E-state index contributed by atoms with van der Waals surface area (Å²) in [6.45, 7) is 2.98. The molecule has 0 saturated heterocycles. The van der Waals surface area contributed by atoms with Crippen molar-refractivity contribution in [2.45, 2.75) is 24.4 Å². The molecule has 0 saturated carbocycles. The predicted molar refractivity (Wildman–Crippen MR) is 137 cm³/mol. The molecule has 2 aromatic carbocycles. The van der Waals surface area contributed by atoms with Gasteiger partial charge in [-0.05, 0) is 44.3 Å². The first-order chi connectivity index (χ1) is 14.2. The molecular formula is C22H33IN4O3S. The molecule has 1 atom stereocenters. The number of aliphatic imine (C=N–C) groups is 1. The highest BCUT2D eigenvalue weighted by Gasteiger charge is 2.18. The van der Waals surface area contributed by atoms with Gasteiger partial charge >= 0.3 is 0 Å². The van der Waals surface area contributed by atoms with Crippen LogP contribution in [0, 0.1) is 6.92 Å². The summed E-state index contributed by atoms with van der Waals surface area (Å²) in [4.78, 5) is 6.79. The molecule has 0 aliphatic rings. The number of guanidine groups is 1. The first-order valence-corrected chi connectivity index (χ1v) is 11.6. The average Bonchev–Trinajstić information content (AvgIpc) is 2.69. The summed E-state index contributed by atoms with van der Waals surface area (Å²) in [5.41, 5.74) is 2.82. The molecule has 9 heteroatoms. The Balaban J connectivity index is 0.00000480. The van der Waals surface area contributed by atoms with Gasteiger partial charge in [-0.3, -0.25) is 4.99 Å². The lowest BCUT2D eigenvalue weighted by molar-refractivity contribution is 0.287. The van der Waals surface area contributed by atoms with Crippen LogP contribution in [0.2, 0.25) is 0 Å². The summed E-state index contributed by atoms with van der Waals surface area (Å²) in [5, 5.41) is 6.65. The van der Waals surface area contributed by atoms with Crippen molar-refractivity contribution in [3.05, 3.63) is 59.2 Å². The molecule has 0 amide bonds. The number of likely N-dealkylation sites (N-methyl/N-ethyl adjacent to an activating group) is 1. The lowest BCUT2D eigenvalue weighted by atomic mass is 10.0. The maximum atomic E-state index is 11.8. The molecular weight excluding hydrogens is 527 g/mol. The number of halogens is 1. The highest BCUT2D eigenvalue weighted by molar-refractivity contribution is 14.0. The van der Waals surface area contributed by atoms with Crippen molar-refractivity contribution in [2.24, 2.45) is 4.99 Å². The molecule has 0 aliphatic heterocycles. The third kappa shape index (κ3) is 7.65. The van der Waals surface area contributed by atoms with Crippen molar-refractivity contribution in [3.63, 3.8) is 0 Å². The number of benzene rings is 2. The molecule has 0 aromatic heterocycles. The minimum atomic E-state index is -3.22. The Morgan fingerprint density at radius 1 is 1.16 bits per heavy atom. The second kappa shape index (κ2) is 12.3. The Morgan fingerprint density at radius 3 is 2.39 bits per heavy atom. The normalized spacial score (nSPS) is 12.8. The van der Waals surface area contributed by atoms with Crippen molar-refractivity contribution in [3.8, 4) is 5.75 Å². The van der Waals surface area contributed by atoms with Crippen LogP contribution < -0.4 is 15.4 Å². The summed E-state index contributed by atoms with van der Waals surface area (Å²) >= 11 is 0. The largest absolute Gasteiger partial charge is 0.496 e. The molecule has 172 valence electrons. The van der Waals surface area contributed by atoms with Crippen LogP contribution in [0.5, 0.6) is 5.75 Å². The van der Waals surface area contributed by atoms with Crippen LogP contribution >= 0.6 is 24.0 Å². The quantitative estimate of drug-likeness (QED) is 0.294. The molecule has 1 unspecified atom stereocenters. The van der Waals surface area contributed by atoms with E-state index >= 15 is 0 Å². The predicted octanol–water partition coefficient (Wildman–Crippen LogP) is 2.99. The molecule has 2 rings (SSSR count). The van der Waals surface area contributed by atoms with Crippen LogP contribution in [0.1, 0.15) is 22.7 Å². The van der Waals surface area contributed by atoms with Gasteiger partial charge in [-0.1, -0.05) is 30.3 Å². The highest BCUT2D eigenvalue weighted by Crippen LogP contribution is 2.27. The van der Waals surface area contributed by atoms with E-state index in [-0.39, 0.29) is 30.0 Å². The lowest BCUT2D eigenvalue weighted by Crippen LogP contribution is -2.41. The molecule has 2 N–H and O–H groups in total. The number of para-hydroxylation sites is 1. The fourth-order valence-electron chi connectivity index (χ4n) is 3.35. The van der Waals surface area contributed by atoms with Crippen molar-refractivity contribution in [1.29, 1.82) is 0 Å². The highest BCUT2D eigenvalue weighted by atomic mass is 127. The SMILES string of the molecule is CN=C(NCc1ccc(S(C)(=O)=O)c(C)c1)NCC(c1ccccc1OC)N(C)C.I. The van der Waals surface area contributed by atoms with Crippen molar-refractivity contribution in [2.75, 3.05) is 41.1 Å². The zero-order valence-corrected chi connectivity index (χ0v) is 22.1. The summed E-state index contributed by atoms with van der Waals surface area (Å²) in [7, 11) is 4.24. The summed E-state index contributed by atoms with van der Waals surface area (Å²) in [5.74, 6) is 1.52. The number of rotatable bonds is 8. The van der Waals surface area contributed by atoms with E-state index in [4.69, 9.17) is 4.74 Å². The molecule has 0 fully saturated rings. The van der Waals surface area contributed by atoms with Gasteiger partial charge in [0.2, 0.25) is 0 Å². The van der Waals surface area contributed by atoms with E-state index in [1.54, 1.807) is 20.2 Å². The van der Waals surface area contributed by atoms with Gasteiger partial charge in [-0.2, -0.15) is 0 Å². The number of sulfone groups is 1. The number of hydrogen-bond acceptors (Lipinski definition) is 5. The van der Waals surface area contributed by atoms with E-state index in [1.165, 1.54) is 6.26 Å². The molecule has 0 bridgehead atoms. The van der Waals surface area contributed by atoms with E-state index in [9.17, 15) is 8.42 Å². The Morgan fingerprint density at radius 2 is 1.84 bits per heavy atom. The van der Waals surface area contributed by atoms with Gasteiger partial charge in [-0.25, -0.2) is 8.42 Å². The van der Waals surface area contributed by atoms with Gasteiger partial charge < -0.3 is 20.3 Å². The van der Waals surface area contributed by atoms with Gasteiger partial charge in [0.25, 0.3) is 0 Å². The van der Waals surface area contributed by atoms with Crippen LogP contribution in [0.25, 0.3) is 0 Å². The maximum absolute atomic E-state index is 11.8. The van der Waals surface area contributed by atoms with Crippen LogP contribution in [0.4, 0.5) is 0 Å². The molecule has 0 radical (unpaired) electrons. The average molecular weight is 561 g/mol. The van der Waals surface area contributed by atoms with Crippen molar-refractivity contribution < 1.29 is 13.2 Å². The van der Waals surface area contributed by atoms with E-state index in [2.05, 4.69) is 26.6 Å². The van der Waals surface area contributed by atoms with E-state index in [0.717, 1.165) is 22.4 Å². The minimum absolute atomic E-state index is 0. The number of ether oxygens (including phenoxy) is 1. The summed E-state index contributed by atoms with van der Waals surface area (Å²) in [6, 6.07) is 13.4. The number of nitrogens with one attached hydrogen (secondary N) is 2. The monoisotopic (exact) mass is 560 g/mol. The van der Waals surface area contributed by atoms with Gasteiger partial charge in [0.15, 0.2) is 15.8 Å². The maximum Gasteiger partial charge on any atom is 0.191 e. The van der Waals surface area contributed by atoms with Gasteiger partial charge in [-0.15, -0.1) is 24.0 Å². The third-order valence-corrected chi connectivity index (χ3v) is 6.16. The molecule has 2 aromatic rings. The zero-order valence-electron chi connectivity index (χ0n) is 19.0. The molecule has 0 spiro atoms. The first-order valence-electron chi connectivity index (χ1n) is 9.70. The topological polar surface area (TPSA) is 83.0 Å². The third-order valence-electron chi connectivity index (χ3n) is 4.91. The van der Waals surface area contributed by atoms with Gasteiger partial charge in [0.1, 0.15) is 5.75 Å². The Labute approximate surface area is 203 Å². The molecule has 31 heavy (non-hydrogen) atoms. The summed E-state index contributed by atoms with van der Waals surface area (Å²) in [6.07, 6.45) is 1.22. The second-order valence-corrected chi connectivity index (χ2v) is 9.38. The van der Waals surface area contributed by atoms with E-state index in [1.807, 2.05) is 51.4 Å². The van der Waals surface area contributed by atoms with Gasteiger partial charge in [0.05, 0.1) is 18.0 Å². The number of hydrogen-bond donors (Lipinski definition) is 2. The second-order valence-electron chi connectivity index (χ2n) is 7.40. The van der Waals surface area contributed by atoms with Crippen molar-refractivity contribution >= 4 is 39.8 Å². The van der Waals surface area contributed by atoms with Crippen LogP contribution in [0.3, 0.4) is 0 Å². The van der Waals surface area contributed by atoms with Crippen molar-refractivity contribution in [1.82, 2.24) is 15.5 Å². The summed E-state index contributed by atoms with van der Waals surface area (Å²) < 4.78 is 29.1. The van der Waals surface area contributed by atoms with Gasteiger partial charge in [0, 0.05) is 32.0 Å². The standard InChI is InChI=1S/C22H32N4O3S.HI/c1-16-13-17(11-12-21(16)30(6,27)28)14-24-22(23-2)25-15-19(26(3)4)18-9-7-8-10-20(18)29-5;/h7-13,19H,14-15H2,1-6H3,(H2,23,24,25);1H. The molecule has 0 heterocycles. The van der Waals surface area contributed by atoms with Crippen LogP contribution in [-0.4, -0.2) is 60.3 Å². The number of methoxy groups -OCH3 is 1. The Bertz CT molecular complexity index is 994. The van der Waals surface area contributed by atoms with Crippen LogP contribution in [0.15, 0.2) is 52.4 Å². The fraction of sp³-hybridized carbons (Fsp3) is 0.409. The molecule has 7 nitrogen and oxygen atoms in total. The fourth-order valence-corrected chi connectivity index (χ4v) is 4.31. The lowest BCUT2D eigenvalue weighted by Gasteiger charge is -2.27. The first kappa shape index (κ1) is 27.2. The zero-order chi connectivity index (χ0) is 22.3. The van der Waals surface area contributed by atoms with Crippen LogP contribution in [-0.2, 0) is 16.4 Å². The minimum Gasteiger partial charge on any atom is -0.496 e. The molecule has 0 aliphatic carbocycles. The van der Waals surface area contributed by atoms with E-state index < -0.39 is 9.84 Å². The Hall–Kier alpha value is -1.85. The Kier molecular flexibility index (Phi) is 10.7. The number of aryl methyl sites for hydroxylation is 1. The van der Waals surface area contributed by atoms with E-state index in [0.29, 0.717) is 23.9 Å². The smallest absolute Gasteiger partial charge is 0.191 e.